The van der Waals surface area contributed by atoms with Gasteiger partial charge in [-0.25, -0.2) is 9.37 Å². The van der Waals surface area contributed by atoms with E-state index in [1.165, 1.54) is 41.0 Å². The third-order valence-corrected chi connectivity index (χ3v) is 6.74. The Kier molecular flexibility index (Phi) is 7.22. The van der Waals surface area contributed by atoms with Gasteiger partial charge in [0.25, 0.3) is 11.8 Å². The molecule has 2 aromatic rings. The topological polar surface area (TPSA) is 121 Å². The van der Waals surface area contributed by atoms with Crippen molar-refractivity contribution in [1.82, 2.24) is 15.2 Å². The Hall–Kier alpha value is -3.73. The minimum atomic E-state index is -0.762. The Morgan fingerprint density at radius 2 is 2.05 bits per heavy atom. The smallest absolute Gasteiger partial charge is 0.268 e. The number of hydrogen-bond donors (Lipinski definition) is 2. The number of pyridine rings is 1. The number of nitrogens with zero attached hydrogens (tertiary/aromatic N) is 3. The number of aromatic nitrogens is 1. The molecule has 1 aromatic carbocycles. The molecule has 0 bridgehead atoms. The average molecular weight is 513 g/mol. The van der Waals surface area contributed by atoms with Crippen molar-refractivity contribution >= 4 is 23.4 Å². The summed E-state index contributed by atoms with van der Waals surface area (Å²) in [4.78, 5) is 44.7. The first-order valence-electron chi connectivity index (χ1n) is 12.5. The van der Waals surface area contributed by atoms with Crippen LogP contribution in [0.5, 0.6) is 11.6 Å². The summed E-state index contributed by atoms with van der Waals surface area (Å²) < 4.78 is 26.4. The number of rotatable bonds is 11. The molecule has 10 nitrogen and oxygen atoms in total. The van der Waals surface area contributed by atoms with Crippen LogP contribution < -0.4 is 19.7 Å². The fourth-order valence-corrected chi connectivity index (χ4v) is 4.56. The summed E-state index contributed by atoms with van der Waals surface area (Å²) in [6.45, 7) is 0.491. The van der Waals surface area contributed by atoms with Crippen molar-refractivity contribution in [2.24, 2.45) is 5.92 Å². The van der Waals surface area contributed by atoms with Crippen molar-refractivity contribution in [2.45, 2.75) is 38.3 Å². The second kappa shape index (κ2) is 10.7. The maximum Gasteiger partial charge on any atom is 0.268 e. The van der Waals surface area contributed by atoms with Gasteiger partial charge in [0.15, 0.2) is 6.10 Å². The molecule has 11 heteroatoms. The van der Waals surface area contributed by atoms with Crippen LogP contribution >= 0.6 is 0 Å². The van der Waals surface area contributed by atoms with Gasteiger partial charge < -0.3 is 29.7 Å². The number of fused-ring (bicyclic) bond motifs is 1. The molecule has 0 radical (unpaired) electrons. The number of benzene rings is 1. The first-order chi connectivity index (χ1) is 17.9. The molecule has 1 aliphatic carbocycles. The molecule has 0 spiro atoms. The number of amides is 3. The lowest BCUT2D eigenvalue weighted by Gasteiger charge is -2.18. The van der Waals surface area contributed by atoms with E-state index in [4.69, 9.17) is 14.6 Å². The molecule has 3 amide bonds. The van der Waals surface area contributed by atoms with Crippen LogP contribution in [0, 0.1) is 11.7 Å². The molecule has 37 heavy (non-hydrogen) atoms. The van der Waals surface area contributed by atoms with E-state index in [1.807, 2.05) is 0 Å². The predicted molar refractivity (Wildman–Crippen MR) is 130 cm³/mol. The van der Waals surface area contributed by atoms with Crippen LogP contribution in [0.4, 0.5) is 10.1 Å². The summed E-state index contributed by atoms with van der Waals surface area (Å²) >= 11 is 0. The molecule has 2 aliphatic heterocycles. The minimum Gasteiger partial charge on any atom is -0.479 e. The fraction of sp³-hybridized carbons (Fsp3) is 0.462. The Morgan fingerprint density at radius 1 is 1.22 bits per heavy atom. The number of anilines is 1. The van der Waals surface area contributed by atoms with Gasteiger partial charge in [-0.15, -0.1) is 0 Å². The molecular formula is C26H29FN4O6. The van der Waals surface area contributed by atoms with Gasteiger partial charge in [-0.1, -0.05) is 12.8 Å². The number of aliphatic hydroxyl groups is 1. The Balaban J connectivity index is 1.20. The van der Waals surface area contributed by atoms with Crippen LogP contribution in [0.3, 0.4) is 0 Å². The van der Waals surface area contributed by atoms with Gasteiger partial charge in [0.2, 0.25) is 11.8 Å². The van der Waals surface area contributed by atoms with Gasteiger partial charge in [0.05, 0.1) is 26.0 Å². The van der Waals surface area contributed by atoms with Crippen molar-refractivity contribution in [2.75, 3.05) is 37.7 Å². The highest BCUT2D eigenvalue weighted by Crippen LogP contribution is 2.33. The van der Waals surface area contributed by atoms with Crippen LogP contribution in [0.15, 0.2) is 30.5 Å². The zero-order valence-corrected chi connectivity index (χ0v) is 20.3. The van der Waals surface area contributed by atoms with Crippen molar-refractivity contribution < 1.29 is 33.4 Å². The van der Waals surface area contributed by atoms with E-state index in [1.54, 1.807) is 12.1 Å². The zero-order valence-electron chi connectivity index (χ0n) is 20.3. The van der Waals surface area contributed by atoms with E-state index in [9.17, 15) is 18.8 Å². The summed E-state index contributed by atoms with van der Waals surface area (Å²) in [5.74, 6) is -0.171. The van der Waals surface area contributed by atoms with Crippen LogP contribution in [0.25, 0.3) is 0 Å². The highest BCUT2D eigenvalue weighted by Gasteiger charge is 2.37. The van der Waals surface area contributed by atoms with Gasteiger partial charge in [0.1, 0.15) is 18.1 Å². The molecule has 1 atom stereocenters. The Bertz CT molecular complexity index is 1190. The maximum atomic E-state index is 14.9. The summed E-state index contributed by atoms with van der Waals surface area (Å²) in [5, 5.41) is 11.3. The van der Waals surface area contributed by atoms with E-state index in [0.29, 0.717) is 31.2 Å². The summed E-state index contributed by atoms with van der Waals surface area (Å²) in [6, 6.07) is 6.13. The van der Waals surface area contributed by atoms with Gasteiger partial charge in [-0.05, 0) is 30.5 Å². The lowest BCUT2D eigenvalue weighted by molar-refractivity contribution is -0.123. The highest BCUT2D eigenvalue weighted by atomic mass is 19.1. The first-order valence-corrected chi connectivity index (χ1v) is 12.5. The van der Waals surface area contributed by atoms with E-state index in [-0.39, 0.29) is 49.0 Å². The normalized spacial score (nSPS) is 18.8. The molecule has 5 rings (SSSR count). The second-order valence-corrected chi connectivity index (χ2v) is 9.49. The molecule has 1 aromatic heterocycles. The third kappa shape index (κ3) is 5.66. The molecule has 1 saturated heterocycles. The van der Waals surface area contributed by atoms with E-state index >= 15 is 0 Å². The maximum absolute atomic E-state index is 14.9. The quantitative estimate of drug-likeness (QED) is 0.470. The predicted octanol–water partition coefficient (Wildman–Crippen LogP) is 1.65. The minimum absolute atomic E-state index is 0.0419. The number of carbonyl (C=O) groups excluding carboxylic acids is 3. The van der Waals surface area contributed by atoms with E-state index in [0.717, 1.165) is 12.3 Å². The van der Waals surface area contributed by atoms with Gasteiger partial charge in [-0.2, -0.15) is 0 Å². The number of aliphatic hydroxyl groups excluding tert-OH is 1. The zero-order chi connectivity index (χ0) is 25.9. The van der Waals surface area contributed by atoms with Gasteiger partial charge >= 0.3 is 0 Å². The van der Waals surface area contributed by atoms with Crippen molar-refractivity contribution in [3.63, 3.8) is 0 Å². The SMILES string of the molecule is O=C(CN1Cc2c(F)cc(N3CC[C@@H](Oc4ccc(OCCC5CC5)nc4)C3=O)cc2C1=O)NCCO. The summed E-state index contributed by atoms with van der Waals surface area (Å²) in [6.07, 6.45) is 4.71. The Labute approximate surface area is 213 Å². The molecule has 3 aliphatic rings. The van der Waals surface area contributed by atoms with Gasteiger partial charge in [0, 0.05) is 42.4 Å². The third-order valence-electron chi connectivity index (χ3n) is 6.74. The van der Waals surface area contributed by atoms with Crippen molar-refractivity contribution in [1.29, 1.82) is 0 Å². The van der Waals surface area contributed by atoms with Gasteiger partial charge in [-0.3, -0.25) is 14.4 Å². The number of hydrogen-bond acceptors (Lipinski definition) is 7. The first kappa shape index (κ1) is 24.9. The van der Waals surface area contributed by atoms with Crippen LogP contribution in [-0.2, 0) is 16.1 Å². The molecule has 0 unspecified atom stereocenters. The summed E-state index contributed by atoms with van der Waals surface area (Å²) in [7, 11) is 0. The van der Waals surface area contributed by atoms with E-state index < -0.39 is 23.7 Å². The standard InChI is InChI=1S/C26H29FN4O6/c27-21-12-17(11-19-20(21)14-30(25(19)34)15-23(33)28-7-9-32)31-8-5-22(26(31)35)37-18-3-4-24(29-13-18)36-10-6-16-1-2-16/h3-4,11-13,16,22,32H,1-2,5-10,14-15H2,(H,28,33)/t22-/m1/s1. The largest absolute Gasteiger partial charge is 0.479 e. The molecule has 1 saturated carbocycles. The average Bonchev–Trinajstić information content (AvgIpc) is 3.57. The number of carbonyl (C=O) groups is 3. The lowest BCUT2D eigenvalue weighted by atomic mass is 10.1. The fourth-order valence-electron chi connectivity index (χ4n) is 4.56. The Morgan fingerprint density at radius 3 is 2.78 bits per heavy atom. The van der Waals surface area contributed by atoms with Crippen LogP contribution in [0.2, 0.25) is 0 Å². The van der Waals surface area contributed by atoms with E-state index in [2.05, 4.69) is 10.3 Å². The molecular weight excluding hydrogens is 483 g/mol. The molecule has 3 heterocycles. The van der Waals surface area contributed by atoms with Crippen molar-refractivity contribution in [3.8, 4) is 11.6 Å². The number of ether oxygens (including phenoxy) is 2. The molecule has 196 valence electrons. The number of halogens is 1. The van der Waals surface area contributed by atoms with Crippen molar-refractivity contribution in [3.05, 3.63) is 47.4 Å². The second-order valence-electron chi connectivity index (χ2n) is 9.49. The highest BCUT2D eigenvalue weighted by molar-refractivity contribution is 6.04. The van der Waals surface area contributed by atoms with Crippen LogP contribution in [-0.4, -0.2) is 71.7 Å². The molecule has 2 fully saturated rings. The number of nitrogens with one attached hydrogen (secondary N) is 1. The lowest BCUT2D eigenvalue weighted by Crippen LogP contribution is -2.38. The summed E-state index contributed by atoms with van der Waals surface area (Å²) in [5.41, 5.74) is 0.585. The van der Waals surface area contributed by atoms with Crippen LogP contribution in [0.1, 0.15) is 41.6 Å². The monoisotopic (exact) mass is 512 g/mol. The molecule has 2 N–H and O–H groups in total.